The number of hydrazine groups is 1. The molecule has 4 rings (SSSR count). The van der Waals surface area contributed by atoms with Gasteiger partial charge in [-0.2, -0.15) is 0 Å². The largest absolute Gasteiger partial charge is 0.296 e. The van der Waals surface area contributed by atoms with Gasteiger partial charge in [-0.25, -0.2) is 4.98 Å². The lowest BCUT2D eigenvalue weighted by Gasteiger charge is -2.16. The first-order valence-corrected chi connectivity index (χ1v) is 10.3. The minimum absolute atomic E-state index is 0.0695. The maximum absolute atomic E-state index is 12.9. The third kappa shape index (κ3) is 4.21. The fourth-order valence-electron chi connectivity index (χ4n) is 3.60. The van der Waals surface area contributed by atoms with Crippen molar-refractivity contribution >= 4 is 34.3 Å². The number of aryl methyl sites for hydroxylation is 1. The molecule has 1 aliphatic heterocycles. The molecule has 0 saturated carbocycles. The van der Waals surface area contributed by atoms with Crippen molar-refractivity contribution in [3.8, 4) is 0 Å². The van der Waals surface area contributed by atoms with Crippen molar-refractivity contribution in [2.75, 3.05) is 0 Å². The molecular formula is C22H21ClN4O3. The van der Waals surface area contributed by atoms with Gasteiger partial charge in [-0.1, -0.05) is 24.4 Å². The van der Waals surface area contributed by atoms with E-state index < -0.39 is 11.8 Å². The van der Waals surface area contributed by atoms with E-state index in [0.717, 1.165) is 37.9 Å². The summed E-state index contributed by atoms with van der Waals surface area (Å²) < 4.78 is 1.76. The van der Waals surface area contributed by atoms with Gasteiger partial charge in [0.1, 0.15) is 5.82 Å². The van der Waals surface area contributed by atoms with E-state index in [9.17, 15) is 14.4 Å². The number of nitrogens with one attached hydrogen (secondary N) is 2. The van der Waals surface area contributed by atoms with Crippen molar-refractivity contribution in [1.29, 1.82) is 0 Å². The van der Waals surface area contributed by atoms with Gasteiger partial charge in [0.2, 0.25) is 0 Å². The molecule has 3 aromatic rings. The van der Waals surface area contributed by atoms with Crippen molar-refractivity contribution in [1.82, 2.24) is 20.4 Å². The van der Waals surface area contributed by atoms with E-state index in [1.165, 1.54) is 0 Å². The quantitative estimate of drug-likeness (QED) is 0.617. The number of hydrogen-bond donors (Lipinski definition) is 2. The minimum Gasteiger partial charge on any atom is -0.296 e. The number of nitrogens with zero attached hydrogens (tertiary/aromatic N) is 2. The Morgan fingerprint density at radius 3 is 2.33 bits per heavy atom. The number of halogens is 1. The number of amides is 2. The van der Waals surface area contributed by atoms with Gasteiger partial charge in [0.25, 0.3) is 17.4 Å². The van der Waals surface area contributed by atoms with Crippen molar-refractivity contribution in [2.24, 2.45) is 0 Å². The summed E-state index contributed by atoms with van der Waals surface area (Å²) >= 11 is 5.81. The van der Waals surface area contributed by atoms with Gasteiger partial charge >= 0.3 is 0 Å². The van der Waals surface area contributed by atoms with Gasteiger partial charge in [0.15, 0.2) is 0 Å². The van der Waals surface area contributed by atoms with Crippen LogP contribution in [0.5, 0.6) is 0 Å². The number of aromatic nitrogens is 2. The average Bonchev–Trinajstić information content (AvgIpc) is 2.73. The van der Waals surface area contributed by atoms with E-state index >= 15 is 0 Å². The van der Waals surface area contributed by atoms with E-state index in [-0.39, 0.29) is 5.56 Å². The molecule has 0 radical (unpaired) electrons. The molecular weight excluding hydrogens is 404 g/mol. The average molecular weight is 425 g/mol. The summed E-state index contributed by atoms with van der Waals surface area (Å²) in [4.78, 5) is 42.2. The topological polar surface area (TPSA) is 93.1 Å². The zero-order valence-corrected chi connectivity index (χ0v) is 17.0. The Bertz CT molecular complexity index is 1170. The van der Waals surface area contributed by atoms with Gasteiger partial charge in [-0.05, 0) is 55.3 Å². The van der Waals surface area contributed by atoms with Crippen LogP contribution >= 0.6 is 11.6 Å². The van der Waals surface area contributed by atoms with Crippen LogP contribution in [-0.2, 0) is 13.0 Å². The smallest absolute Gasteiger partial charge is 0.269 e. The van der Waals surface area contributed by atoms with Crippen LogP contribution in [0.25, 0.3) is 10.9 Å². The number of carbonyl (C=O) groups excluding carboxylic acids is 2. The molecule has 0 saturated heterocycles. The Kier molecular flexibility index (Phi) is 5.81. The second kappa shape index (κ2) is 8.67. The molecule has 2 N–H and O–H groups in total. The van der Waals surface area contributed by atoms with Crippen molar-refractivity contribution in [3.05, 3.63) is 74.8 Å². The van der Waals surface area contributed by atoms with Crippen LogP contribution in [-0.4, -0.2) is 21.4 Å². The van der Waals surface area contributed by atoms with Gasteiger partial charge in [0.05, 0.1) is 10.9 Å². The summed E-state index contributed by atoms with van der Waals surface area (Å²) in [6.45, 7) is 0.677. The summed E-state index contributed by atoms with van der Waals surface area (Å²) in [5.41, 5.74) is 5.86. The summed E-state index contributed by atoms with van der Waals surface area (Å²) in [6.07, 6.45) is 4.95. The Balaban J connectivity index is 1.54. The lowest BCUT2D eigenvalue weighted by Crippen LogP contribution is -2.41. The summed E-state index contributed by atoms with van der Waals surface area (Å²) in [7, 11) is 0. The number of fused-ring (bicyclic) bond motifs is 2. The molecule has 7 nitrogen and oxygen atoms in total. The molecule has 2 heterocycles. The highest BCUT2D eigenvalue weighted by atomic mass is 35.5. The predicted octanol–water partition coefficient (Wildman–Crippen LogP) is 3.24. The Labute approximate surface area is 178 Å². The van der Waals surface area contributed by atoms with Crippen LogP contribution in [0.15, 0.2) is 47.3 Å². The number of rotatable bonds is 2. The first kappa shape index (κ1) is 20.1. The lowest BCUT2D eigenvalue weighted by molar-refractivity contribution is 0.0847. The highest BCUT2D eigenvalue weighted by Crippen LogP contribution is 2.16. The normalized spacial score (nSPS) is 13.8. The molecule has 0 bridgehead atoms. The predicted molar refractivity (Wildman–Crippen MR) is 115 cm³/mol. The molecule has 2 amide bonds. The second-order valence-corrected chi connectivity index (χ2v) is 7.73. The minimum atomic E-state index is -0.493. The van der Waals surface area contributed by atoms with E-state index in [4.69, 9.17) is 11.6 Å². The second-order valence-electron chi connectivity index (χ2n) is 7.30. The molecule has 1 aliphatic rings. The number of benzene rings is 2. The van der Waals surface area contributed by atoms with Crippen LogP contribution in [0.4, 0.5) is 0 Å². The van der Waals surface area contributed by atoms with E-state index in [1.807, 2.05) is 0 Å². The summed E-state index contributed by atoms with van der Waals surface area (Å²) in [6, 6.07) is 11.1. The summed E-state index contributed by atoms with van der Waals surface area (Å²) in [5.74, 6) is -0.188. The fraction of sp³-hybridized carbons (Fsp3) is 0.273. The summed E-state index contributed by atoms with van der Waals surface area (Å²) in [5, 5.41) is 1.00. The van der Waals surface area contributed by atoms with Crippen molar-refractivity contribution < 1.29 is 9.59 Å². The van der Waals surface area contributed by atoms with Crippen molar-refractivity contribution in [3.63, 3.8) is 0 Å². The number of carbonyl (C=O) groups is 2. The molecule has 30 heavy (non-hydrogen) atoms. The molecule has 0 fully saturated rings. The number of hydrogen-bond acceptors (Lipinski definition) is 4. The van der Waals surface area contributed by atoms with Crippen LogP contribution in [0, 0.1) is 0 Å². The van der Waals surface area contributed by atoms with E-state index in [0.29, 0.717) is 33.6 Å². The Hall–Kier alpha value is -3.19. The van der Waals surface area contributed by atoms with Crippen LogP contribution in [0.2, 0.25) is 5.02 Å². The van der Waals surface area contributed by atoms with E-state index in [1.54, 1.807) is 47.0 Å². The first-order chi connectivity index (χ1) is 14.5. The van der Waals surface area contributed by atoms with E-state index in [2.05, 4.69) is 15.8 Å². The maximum atomic E-state index is 12.9. The maximum Gasteiger partial charge on any atom is 0.269 e. The molecule has 154 valence electrons. The molecule has 8 heteroatoms. The van der Waals surface area contributed by atoms with Gasteiger partial charge in [-0.3, -0.25) is 29.8 Å². The standard InChI is InChI=1S/C22H21ClN4O3/c23-16-9-6-14(7-10-16)20(28)25-26-21(29)15-8-11-17-18(13-15)24-19-5-3-1-2-4-12-27(19)22(17)30/h6-11,13H,1-5,12H2,(H,25,28)(H,26,29). The van der Waals surface area contributed by atoms with Crippen LogP contribution < -0.4 is 16.4 Å². The Morgan fingerprint density at radius 1 is 0.900 bits per heavy atom. The van der Waals surface area contributed by atoms with Gasteiger partial charge < -0.3 is 0 Å². The zero-order chi connectivity index (χ0) is 21.1. The molecule has 2 aromatic carbocycles. The third-order valence-corrected chi connectivity index (χ3v) is 5.48. The highest BCUT2D eigenvalue weighted by Gasteiger charge is 2.15. The SMILES string of the molecule is O=C(NNC(=O)c1ccc2c(=O)n3c(nc2c1)CCCCCC3)c1ccc(Cl)cc1. The third-order valence-electron chi connectivity index (χ3n) is 5.22. The first-order valence-electron chi connectivity index (χ1n) is 9.92. The molecule has 0 aliphatic carbocycles. The highest BCUT2D eigenvalue weighted by molar-refractivity contribution is 6.30. The monoisotopic (exact) mass is 424 g/mol. The molecule has 0 atom stereocenters. The zero-order valence-electron chi connectivity index (χ0n) is 16.3. The molecule has 0 unspecified atom stereocenters. The van der Waals surface area contributed by atoms with Gasteiger partial charge in [0, 0.05) is 29.1 Å². The Morgan fingerprint density at radius 2 is 1.57 bits per heavy atom. The molecule has 1 aromatic heterocycles. The van der Waals surface area contributed by atoms with Crippen LogP contribution in [0.3, 0.4) is 0 Å². The fourth-order valence-corrected chi connectivity index (χ4v) is 3.72. The van der Waals surface area contributed by atoms with Crippen LogP contribution in [0.1, 0.15) is 52.2 Å². The van der Waals surface area contributed by atoms with Crippen molar-refractivity contribution in [2.45, 2.75) is 38.6 Å². The molecule has 0 spiro atoms. The van der Waals surface area contributed by atoms with Gasteiger partial charge in [-0.15, -0.1) is 0 Å². The lowest BCUT2D eigenvalue weighted by atomic mass is 10.1.